The fourth-order valence-electron chi connectivity index (χ4n) is 3.71. The lowest BCUT2D eigenvalue weighted by Gasteiger charge is -2.49. The van der Waals surface area contributed by atoms with Gasteiger partial charge in [0.05, 0.1) is 11.7 Å². The number of anilines is 1. The van der Waals surface area contributed by atoms with Gasteiger partial charge in [-0.25, -0.2) is 9.78 Å². The summed E-state index contributed by atoms with van der Waals surface area (Å²) in [6.07, 6.45) is -0.420. The summed E-state index contributed by atoms with van der Waals surface area (Å²) in [6.45, 7) is 3.32. The van der Waals surface area contributed by atoms with Gasteiger partial charge in [0.15, 0.2) is 16.6 Å². The number of amides is 2. The molecule has 184 valence electrons. The Labute approximate surface area is 205 Å². The summed E-state index contributed by atoms with van der Waals surface area (Å²) in [7, 11) is 1.24. The van der Waals surface area contributed by atoms with Crippen molar-refractivity contribution in [2.75, 3.05) is 18.6 Å². The summed E-state index contributed by atoms with van der Waals surface area (Å²) in [5.41, 5.74) is 3.31. The molecule has 0 saturated carbocycles. The number of hydrogen-bond acceptors (Lipinski definition) is 12. The van der Waals surface area contributed by atoms with E-state index in [4.69, 9.17) is 15.3 Å². The number of oxime groups is 1. The molecule has 0 aliphatic carbocycles. The molecule has 1 fully saturated rings. The van der Waals surface area contributed by atoms with Crippen molar-refractivity contribution in [2.24, 2.45) is 5.16 Å². The number of nitrogens with zero attached hydrogens (tertiary/aromatic N) is 3. The molecule has 15 heteroatoms. The molecule has 0 radical (unpaired) electrons. The first-order valence-corrected chi connectivity index (χ1v) is 12.0. The Bertz CT molecular complexity index is 1370. The quantitative estimate of drug-likeness (QED) is 0.173. The number of ether oxygens (including phenoxy) is 1. The van der Waals surface area contributed by atoms with Crippen molar-refractivity contribution in [3.63, 3.8) is 0 Å². The number of aromatic nitrogens is 1. The highest BCUT2D eigenvalue weighted by Gasteiger charge is 2.55. The maximum Gasteiger partial charge on any atom is 0.352 e. The van der Waals surface area contributed by atoms with Crippen LogP contribution in [-0.4, -0.2) is 68.9 Å². The number of carboxylic acid groups (broad SMARTS) is 1. The van der Waals surface area contributed by atoms with Gasteiger partial charge in [-0.05, 0) is 13.8 Å². The van der Waals surface area contributed by atoms with Crippen LogP contribution in [0.1, 0.15) is 25.1 Å². The van der Waals surface area contributed by atoms with Gasteiger partial charge in [-0.15, -0.1) is 23.1 Å². The van der Waals surface area contributed by atoms with Gasteiger partial charge < -0.3 is 25.7 Å². The van der Waals surface area contributed by atoms with Gasteiger partial charge in [-0.1, -0.05) is 5.16 Å². The lowest BCUT2D eigenvalue weighted by Crippen LogP contribution is -2.71. The first-order valence-electron chi connectivity index (χ1n) is 10.1. The minimum atomic E-state index is -1.45. The summed E-state index contributed by atoms with van der Waals surface area (Å²) >= 11 is 2.22. The Kier molecular flexibility index (Phi) is 6.38. The maximum atomic E-state index is 12.9. The predicted molar refractivity (Wildman–Crippen MR) is 127 cm³/mol. The molecule has 2 atom stereocenters. The second-order valence-electron chi connectivity index (χ2n) is 7.72. The normalized spacial score (nSPS) is 20.1. The average molecular weight is 522 g/mol. The summed E-state index contributed by atoms with van der Waals surface area (Å²) in [4.78, 5) is 71.8. The molecule has 2 aliphatic heterocycles. The van der Waals surface area contributed by atoms with E-state index in [0.717, 1.165) is 28.0 Å². The van der Waals surface area contributed by atoms with E-state index in [0.29, 0.717) is 0 Å². The number of thiazole rings is 1. The van der Waals surface area contributed by atoms with Crippen molar-refractivity contribution in [3.8, 4) is 5.75 Å². The molecule has 35 heavy (non-hydrogen) atoms. The Balaban J connectivity index is 1.62. The third kappa shape index (κ3) is 4.05. The minimum Gasteiger partial charge on any atom is -0.486 e. The largest absolute Gasteiger partial charge is 0.486 e. The lowest BCUT2D eigenvalue weighted by atomic mass is 9.95. The van der Waals surface area contributed by atoms with Crippen molar-refractivity contribution >= 4 is 57.3 Å². The molecule has 0 spiro atoms. The van der Waals surface area contributed by atoms with Crippen LogP contribution in [0, 0.1) is 0 Å². The van der Waals surface area contributed by atoms with Gasteiger partial charge in [0, 0.05) is 16.7 Å². The zero-order valence-corrected chi connectivity index (χ0v) is 20.2. The van der Waals surface area contributed by atoms with Crippen LogP contribution >= 0.6 is 23.1 Å². The standard InChI is InChI=1S/C20H19N5O8S2/c1-6(2)33-15-9(13(26)14(15)27)7-4-34-18-11(17(29)25(18)12(7)19(30)31)23-16(28)10(24-32-3)8-5-35-20(21)22-8/h5-6,11,18H,4H2,1-3H3,(H2,21,22)(H,23,28)(H,30,31)/b24-10+/t11?,18-/m1/s1. The monoisotopic (exact) mass is 521 g/mol. The van der Waals surface area contributed by atoms with Gasteiger partial charge >= 0.3 is 5.97 Å². The summed E-state index contributed by atoms with van der Waals surface area (Å²) in [5.74, 6) is -3.13. The highest BCUT2D eigenvalue weighted by atomic mass is 32.2. The Morgan fingerprint density at radius 1 is 1.31 bits per heavy atom. The fraction of sp³-hybridized carbons (Fsp3) is 0.350. The number of aliphatic carboxylic acids is 1. The molecule has 1 aromatic carbocycles. The third-order valence-corrected chi connectivity index (χ3v) is 7.10. The van der Waals surface area contributed by atoms with Crippen molar-refractivity contribution in [1.29, 1.82) is 0 Å². The number of fused-ring (bicyclic) bond motifs is 1. The Hall–Kier alpha value is -3.72. The van der Waals surface area contributed by atoms with Crippen LogP contribution in [0.2, 0.25) is 0 Å². The fourth-order valence-corrected chi connectivity index (χ4v) is 5.61. The molecule has 1 saturated heterocycles. The number of carboxylic acids is 1. The molecule has 0 bridgehead atoms. The second-order valence-corrected chi connectivity index (χ2v) is 9.71. The van der Waals surface area contributed by atoms with Gasteiger partial charge in [-0.3, -0.25) is 24.1 Å². The topological polar surface area (TPSA) is 191 Å². The van der Waals surface area contributed by atoms with Crippen molar-refractivity contribution in [1.82, 2.24) is 15.2 Å². The zero-order valence-electron chi connectivity index (χ0n) is 18.6. The highest BCUT2D eigenvalue weighted by molar-refractivity contribution is 8.00. The molecule has 4 N–H and O–H groups in total. The van der Waals surface area contributed by atoms with Gasteiger partial charge in [0.1, 0.15) is 29.9 Å². The van der Waals surface area contributed by atoms with E-state index in [1.54, 1.807) is 13.8 Å². The Morgan fingerprint density at radius 2 is 2.03 bits per heavy atom. The van der Waals surface area contributed by atoms with E-state index in [1.807, 2.05) is 0 Å². The van der Waals surface area contributed by atoms with Crippen molar-refractivity contribution in [3.05, 3.63) is 42.8 Å². The number of nitrogens with two attached hydrogens (primary N) is 1. The van der Waals surface area contributed by atoms with E-state index < -0.39 is 51.9 Å². The van der Waals surface area contributed by atoms with Crippen LogP contribution in [0.4, 0.5) is 5.13 Å². The lowest BCUT2D eigenvalue weighted by molar-refractivity contribution is -0.149. The van der Waals surface area contributed by atoms with E-state index in [1.165, 1.54) is 12.5 Å². The predicted octanol–water partition coefficient (Wildman–Crippen LogP) is -0.645. The Morgan fingerprint density at radius 3 is 2.60 bits per heavy atom. The van der Waals surface area contributed by atoms with Crippen LogP contribution < -0.4 is 26.6 Å². The molecule has 2 aliphatic rings. The van der Waals surface area contributed by atoms with Crippen LogP contribution in [-0.2, 0) is 19.2 Å². The molecule has 1 aromatic heterocycles. The van der Waals surface area contributed by atoms with E-state index in [9.17, 15) is 29.1 Å². The summed E-state index contributed by atoms with van der Waals surface area (Å²) in [5, 5.41) is 17.0. The third-order valence-electron chi connectivity index (χ3n) is 5.14. The van der Waals surface area contributed by atoms with Crippen molar-refractivity contribution in [2.45, 2.75) is 31.4 Å². The van der Waals surface area contributed by atoms with E-state index >= 15 is 0 Å². The summed E-state index contributed by atoms with van der Waals surface area (Å²) < 4.78 is 5.41. The first-order chi connectivity index (χ1) is 16.6. The molecule has 13 nitrogen and oxygen atoms in total. The van der Waals surface area contributed by atoms with Crippen LogP contribution in [0.15, 0.2) is 25.8 Å². The number of β-lactam (4-membered cyclic amide) rings is 1. The second kappa shape index (κ2) is 9.14. The number of nitrogens with one attached hydrogen (secondary N) is 1. The molecule has 3 heterocycles. The summed E-state index contributed by atoms with van der Waals surface area (Å²) in [6, 6.07) is -1.07. The van der Waals surface area contributed by atoms with Crippen LogP contribution in [0.5, 0.6) is 5.75 Å². The van der Waals surface area contributed by atoms with Gasteiger partial charge in [0.25, 0.3) is 17.2 Å². The van der Waals surface area contributed by atoms with Crippen molar-refractivity contribution < 1.29 is 29.1 Å². The smallest absolute Gasteiger partial charge is 0.352 e. The molecule has 1 unspecified atom stereocenters. The van der Waals surface area contributed by atoms with Gasteiger partial charge in [0.2, 0.25) is 5.43 Å². The minimum absolute atomic E-state index is 0.00337. The molecular weight excluding hydrogens is 502 g/mol. The van der Waals surface area contributed by atoms with Crippen LogP contribution in [0.3, 0.4) is 0 Å². The number of thioether (sulfide) groups is 1. The number of rotatable bonds is 8. The molecular formula is C20H19N5O8S2. The van der Waals surface area contributed by atoms with Crippen LogP contribution in [0.25, 0.3) is 5.57 Å². The van der Waals surface area contributed by atoms with E-state index in [2.05, 4.69) is 15.5 Å². The molecule has 2 aromatic rings. The molecule has 4 rings (SSSR count). The SMILES string of the molecule is CO/N=C(/C(=O)NC1C(=O)N2C(C(=O)O)=C(c3c(OC(C)C)c(=O)c3=O)CS[C@H]12)c1csc(N)n1. The number of carbonyl (C=O) groups is 3. The van der Waals surface area contributed by atoms with E-state index in [-0.39, 0.29) is 39.2 Å². The number of hydrogen-bond donors (Lipinski definition) is 3. The zero-order chi connectivity index (χ0) is 25.6. The average Bonchev–Trinajstić information content (AvgIpc) is 3.24. The maximum absolute atomic E-state index is 12.9. The number of nitrogen functional groups attached to an aromatic ring is 1. The van der Waals surface area contributed by atoms with Gasteiger partial charge in [-0.2, -0.15) is 0 Å². The first kappa shape index (κ1) is 24.4. The number of carbonyl (C=O) groups excluding carboxylic acids is 2. The molecule has 2 amide bonds. The highest BCUT2D eigenvalue weighted by Crippen LogP contribution is 2.44.